The standard InChI is InChI=1S/C21H27N/c1-5-11-18(7-3)12-10-15-22-16-20(17(4)6-2)19-13-8-9-14-21(19)22/h5,7-9,11,13-14,16-17H,1,3,6,10,12,15H2,2,4H3/b18-11+. The van der Waals surface area contributed by atoms with Crippen molar-refractivity contribution in [3.63, 3.8) is 0 Å². The monoisotopic (exact) mass is 293 g/mol. The molecule has 1 atom stereocenters. The van der Waals surface area contributed by atoms with Crippen molar-refractivity contribution in [2.45, 2.75) is 45.6 Å². The van der Waals surface area contributed by atoms with Crippen LogP contribution in [0.3, 0.4) is 0 Å². The van der Waals surface area contributed by atoms with Crippen molar-refractivity contribution in [1.82, 2.24) is 4.57 Å². The van der Waals surface area contributed by atoms with E-state index in [2.05, 4.69) is 62.0 Å². The molecule has 0 aliphatic carbocycles. The normalized spacial score (nSPS) is 13.3. The Morgan fingerprint density at radius 1 is 1.27 bits per heavy atom. The molecule has 0 radical (unpaired) electrons. The summed E-state index contributed by atoms with van der Waals surface area (Å²) >= 11 is 0. The van der Waals surface area contributed by atoms with Crippen LogP contribution in [-0.4, -0.2) is 4.57 Å². The van der Waals surface area contributed by atoms with Crippen LogP contribution < -0.4 is 0 Å². The quantitative estimate of drug-likeness (QED) is 0.508. The summed E-state index contributed by atoms with van der Waals surface area (Å²) < 4.78 is 2.41. The zero-order chi connectivity index (χ0) is 15.9. The summed E-state index contributed by atoms with van der Waals surface area (Å²) in [6.07, 6.45) is 11.5. The van der Waals surface area contributed by atoms with Gasteiger partial charge in [0.15, 0.2) is 0 Å². The highest BCUT2D eigenvalue weighted by Gasteiger charge is 2.12. The molecule has 0 amide bonds. The molecule has 1 heterocycles. The third-order valence-electron chi connectivity index (χ3n) is 4.42. The largest absolute Gasteiger partial charge is 0.347 e. The fourth-order valence-corrected chi connectivity index (χ4v) is 2.93. The SMILES string of the molecule is C=C/C=C(\C=C)CCCn1cc(C(C)CC)c2ccccc21. The molecule has 0 aliphatic heterocycles. The highest BCUT2D eigenvalue weighted by Crippen LogP contribution is 2.29. The maximum absolute atomic E-state index is 3.87. The third-order valence-corrected chi connectivity index (χ3v) is 4.42. The number of hydrogen-bond donors (Lipinski definition) is 0. The van der Waals surface area contributed by atoms with E-state index >= 15 is 0 Å². The van der Waals surface area contributed by atoms with Gasteiger partial charge in [0.1, 0.15) is 0 Å². The lowest BCUT2D eigenvalue weighted by Crippen LogP contribution is -1.97. The molecule has 2 aromatic rings. The molecule has 22 heavy (non-hydrogen) atoms. The third kappa shape index (κ3) is 3.59. The Bertz CT molecular complexity index is 672. The molecule has 1 nitrogen and oxygen atoms in total. The van der Waals surface area contributed by atoms with Crippen molar-refractivity contribution in [2.75, 3.05) is 0 Å². The molecular formula is C21H27N. The number of fused-ring (bicyclic) bond motifs is 1. The fraction of sp³-hybridized carbons (Fsp3) is 0.333. The summed E-state index contributed by atoms with van der Waals surface area (Å²) in [5, 5.41) is 1.41. The van der Waals surface area contributed by atoms with Crippen molar-refractivity contribution in [3.05, 3.63) is 73.0 Å². The minimum atomic E-state index is 0.607. The van der Waals surface area contributed by atoms with E-state index in [0.717, 1.165) is 19.4 Å². The van der Waals surface area contributed by atoms with Crippen molar-refractivity contribution < 1.29 is 0 Å². The Hall–Kier alpha value is -2.02. The first-order valence-electron chi connectivity index (χ1n) is 8.23. The van der Waals surface area contributed by atoms with Crippen LogP contribution in [0.1, 0.15) is 44.6 Å². The van der Waals surface area contributed by atoms with Gasteiger partial charge in [0, 0.05) is 23.6 Å². The van der Waals surface area contributed by atoms with Gasteiger partial charge in [-0.1, -0.05) is 63.4 Å². The second-order valence-corrected chi connectivity index (χ2v) is 5.89. The molecule has 1 heteroatoms. The minimum Gasteiger partial charge on any atom is -0.347 e. The lowest BCUT2D eigenvalue weighted by Gasteiger charge is -2.06. The van der Waals surface area contributed by atoms with Gasteiger partial charge in [-0.2, -0.15) is 0 Å². The first-order chi connectivity index (χ1) is 10.7. The molecule has 0 fully saturated rings. The number of hydrogen-bond acceptors (Lipinski definition) is 0. The Labute approximate surface area is 134 Å². The number of aromatic nitrogens is 1. The van der Waals surface area contributed by atoms with Crippen molar-refractivity contribution in [2.24, 2.45) is 0 Å². The Morgan fingerprint density at radius 3 is 2.73 bits per heavy atom. The van der Waals surface area contributed by atoms with E-state index in [1.165, 1.54) is 28.5 Å². The molecule has 0 N–H and O–H groups in total. The van der Waals surface area contributed by atoms with Crippen LogP contribution in [0.15, 0.2) is 67.4 Å². The van der Waals surface area contributed by atoms with Crippen LogP contribution in [-0.2, 0) is 6.54 Å². The molecule has 0 saturated carbocycles. The first kappa shape index (κ1) is 16.4. The van der Waals surface area contributed by atoms with E-state index in [0.29, 0.717) is 5.92 Å². The average molecular weight is 293 g/mol. The van der Waals surface area contributed by atoms with Crippen LogP contribution in [0.5, 0.6) is 0 Å². The zero-order valence-corrected chi connectivity index (χ0v) is 13.9. The summed E-state index contributed by atoms with van der Waals surface area (Å²) in [7, 11) is 0. The van der Waals surface area contributed by atoms with Gasteiger partial charge in [-0.15, -0.1) is 0 Å². The van der Waals surface area contributed by atoms with Gasteiger partial charge in [0.25, 0.3) is 0 Å². The van der Waals surface area contributed by atoms with Gasteiger partial charge in [0.05, 0.1) is 0 Å². The van der Waals surface area contributed by atoms with E-state index in [1.54, 1.807) is 0 Å². The average Bonchev–Trinajstić information content (AvgIpc) is 2.92. The zero-order valence-electron chi connectivity index (χ0n) is 13.9. The summed E-state index contributed by atoms with van der Waals surface area (Å²) in [5.41, 5.74) is 4.09. The summed E-state index contributed by atoms with van der Waals surface area (Å²) in [4.78, 5) is 0. The molecule has 1 aromatic heterocycles. The summed E-state index contributed by atoms with van der Waals surface area (Å²) in [6, 6.07) is 8.75. The van der Waals surface area contributed by atoms with Crippen LogP contribution in [0.25, 0.3) is 10.9 Å². The number of nitrogens with zero attached hydrogens (tertiary/aromatic N) is 1. The van der Waals surface area contributed by atoms with Gasteiger partial charge >= 0.3 is 0 Å². The van der Waals surface area contributed by atoms with E-state index in [4.69, 9.17) is 0 Å². The lowest BCUT2D eigenvalue weighted by atomic mass is 9.98. The predicted octanol–water partition coefficient (Wildman–Crippen LogP) is 6.23. The van der Waals surface area contributed by atoms with Crippen molar-refractivity contribution in [3.8, 4) is 0 Å². The molecule has 0 bridgehead atoms. The topological polar surface area (TPSA) is 4.93 Å². The maximum Gasteiger partial charge on any atom is 0.0483 e. The number of benzene rings is 1. The van der Waals surface area contributed by atoms with E-state index in [-0.39, 0.29) is 0 Å². The van der Waals surface area contributed by atoms with Gasteiger partial charge < -0.3 is 4.57 Å². The molecule has 1 aromatic carbocycles. The number of aryl methyl sites for hydroxylation is 1. The van der Waals surface area contributed by atoms with Gasteiger partial charge in [-0.3, -0.25) is 0 Å². The molecule has 1 unspecified atom stereocenters. The maximum atomic E-state index is 3.87. The highest BCUT2D eigenvalue weighted by atomic mass is 15.0. The molecule has 116 valence electrons. The Balaban J connectivity index is 2.19. The van der Waals surface area contributed by atoms with Crippen LogP contribution in [0.4, 0.5) is 0 Å². The first-order valence-corrected chi connectivity index (χ1v) is 8.23. The van der Waals surface area contributed by atoms with E-state index < -0.39 is 0 Å². The molecule has 0 saturated heterocycles. The second kappa shape index (κ2) is 7.84. The number of para-hydroxylation sites is 1. The van der Waals surface area contributed by atoms with Gasteiger partial charge in [-0.05, 0) is 42.4 Å². The summed E-state index contributed by atoms with van der Waals surface area (Å²) in [6.45, 7) is 13.2. The van der Waals surface area contributed by atoms with E-state index in [9.17, 15) is 0 Å². The molecule has 0 spiro atoms. The van der Waals surface area contributed by atoms with Gasteiger partial charge in [-0.25, -0.2) is 0 Å². The van der Waals surface area contributed by atoms with Crippen molar-refractivity contribution >= 4 is 10.9 Å². The number of allylic oxidation sites excluding steroid dienone is 4. The Morgan fingerprint density at radius 2 is 2.05 bits per heavy atom. The van der Waals surface area contributed by atoms with Crippen LogP contribution >= 0.6 is 0 Å². The fourth-order valence-electron chi connectivity index (χ4n) is 2.93. The summed E-state index contributed by atoms with van der Waals surface area (Å²) in [5.74, 6) is 0.607. The van der Waals surface area contributed by atoms with Crippen LogP contribution in [0, 0.1) is 0 Å². The number of rotatable bonds is 8. The smallest absolute Gasteiger partial charge is 0.0483 e. The Kier molecular flexibility index (Phi) is 5.83. The highest BCUT2D eigenvalue weighted by molar-refractivity contribution is 5.84. The molecule has 2 rings (SSSR count). The van der Waals surface area contributed by atoms with Gasteiger partial charge in [0.2, 0.25) is 0 Å². The van der Waals surface area contributed by atoms with Crippen molar-refractivity contribution in [1.29, 1.82) is 0 Å². The molecular weight excluding hydrogens is 266 g/mol. The lowest BCUT2D eigenvalue weighted by molar-refractivity contribution is 0.655. The van der Waals surface area contributed by atoms with E-state index in [1.807, 2.05) is 18.2 Å². The van der Waals surface area contributed by atoms with Crippen LogP contribution in [0.2, 0.25) is 0 Å². The minimum absolute atomic E-state index is 0.607. The second-order valence-electron chi connectivity index (χ2n) is 5.89. The molecule has 0 aliphatic rings. The predicted molar refractivity (Wildman–Crippen MR) is 98.4 cm³/mol.